The standard InChI is InChI=1S/C16H18O6/c1-4-20-14(18)16(3,15(19)21-5-2)12-10-8-6-7-9-11(10)13(17)22-12/h6-9,12H,4-5H2,1-3H3. The van der Waals surface area contributed by atoms with Gasteiger partial charge < -0.3 is 14.2 Å². The zero-order valence-corrected chi connectivity index (χ0v) is 12.8. The Morgan fingerprint density at radius 1 is 1.14 bits per heavy atom. The highest BCUT2D eigenvalue weighted by molar-refractivity contribution is 6.03. The molecule has 6 heteroatoms. The average Bonchev–Trinajstić information content (AvgIpc) is 2.85. The fourth-order valence-electron chi connectivity index (χ4n) is 2.43. The molecular weight excluding hydrogens is 288 g/mol. The minimum Gasteiger partial charge on any atom is -0.465 e. The number of fused-ring (bicyclic) bond motifs is 1. The van der Waals surface area contributed by atoms with Crippen LogP contribution in [0.2, 0.25) is 0 Å². The van der Waals surface area contributed by atoms with Gasteiger partial charge in [-0.3, -0.25) is 9.59 Å². The van der Waals surface area contributed by atoms with Crippen LogP contribution in [0, 0.1) is 5.41 Å². The first-order chi connectivity index (χ1) is 10.5. The van der Waals surface area contributed by atoms with Crippen molar-refractivity contribution in [2.24, 2.45) is 5.41 Å². The second-order valence-corrected chi connectivity index (χ2v) is 5.02. The molecule has 1 unspecified atom stereocenters. The first kappa shape index (κ1) is 16.0. The first-order valence-corrected chi connectivity index (χ1v) is 7.11. The quantitative estimate of drug-likeness (QED) is 0.470. The van der Waals surface area contributed by atoms with Crippen molar-refractivity contribution >= 4 is 17.9 Å². The number of hydrogen-bond acceptors (Lipinski definition) is 6. The van der Waals surface area contributed by atoms with E-state index in [1.54, 1.807) is 38.1 Å². The van der Waals surface area contributed by atoms with Crippen molar-refractivity contribution in [3.63, 3.8) is 0 Å². The van der Waals surface area contributed by atoms with Gasteiger partial charge in [-0.2, -0.15) is 0 Å². The van der Waals surface area contributed by atoms with E-state index in [0.717, 1.165) is 0 Å². The summed E-state index contributed by atoms with van der Waals surface area (Å²) in [4.78, 5) is 36.7. The molecule has 6 nitrogen and oxygen atoms in total. The third-order valence-electron chi connectivity index (χ3n) is 3.61. The molecule has 22 heavy (non-hydrogen) atoms. The Balaban J connectivity index is 2.49. The van der Waals surface area contributed by atoms with Gasteiger partial charge in [0.25, 0.3) is 0 Å². The lowest BCUT2D eigenvalue weighted by molar-refractivity contribution is -0.179. The maximum atomic E-state index is 12.4. The van der Waals surface area contributed by atoms with Gasteiger partial charge in [-0.15, -0.1) is 0 Å². The summed E-state index contributed by atoms with van der Waals surface area (Å²) in [6.45, 7) is 4.87. The summed E-state index contributed by atoms with van der Waals surface area (Å²) in [5, 5.41) is 0. The van der Waals surface area contributed by atoms with Crippen LogP contribution in [-0.2, 0) is 23.8 Å². The Labute approximate surface area is 128 Å². The lowest BCUT2D eigenvalue weighted by Crippen LogP contribution is -2.44. The fourth-order valence-corrected chi connectivity index (χ4v) is 2.43. The van der Waals surface area contributed by atoms with E-state index in [2.05, 4.69) is 0 Å². The monoisotopic (exact) mass is 306 g/mol. The summed E-state index contributed by atoms with van der Waals surface area (Å²) in [5.41, 5.74) is -0.919. The molecule has 1 aromatic carbocycles. The molecule has 2 rings (SSSR count). The van der Waals surface area contributed by atoms with E-state index in [-0.39, 0.29) is 13.2 Å². The Morgan fingerprint density at radius 2 is 1.68 bits per heavy atom. The third-order valence-corrected chi connectivity index (χ3v) is 3.61. The highest BCUT2D eigenvalue weighted by atomic mass is 16.6. The second-order valence-electron chi connectivity index (χ2n) is 5.02. The largest absolute Gasteiger partial charge is 0.465 e. The van der Waals surface area contributed by atoms with Crippen LogP contribution < -0.4 is 0 Å². The number of esters is 3. The van der Waals surface area contributed by atoms with E-state index in [0.29, 0.717) is 11.1 Å². The van der Waals surface area contributed by atoms with Gasteiger partial charge in [0, 0.05) is 5.56 Å². The van der Waals surface area contributed by atoms with Crippen molar-refractivity contribution < 1.29 is 28.6 Å². The number of cyclic esters (lactones) is 1. The number of rotatable bonds is 5. The van der Waals surface area contributed by atoms with Gasteiger partial charge in [0.15, 0.2) is 6.10 Å². The molecule has 0 aromatic heterocycles. The summed E-state index contributed by atoms with van der Waals surface area (Å²) in [7, 11) is 0. The number of carbonyl (C=O) groups is 3. The topological polar surface area (TPSA) is 78.9 Å². The molecule has 0 fully saturated rings. The van der Waals surface area contributed by atoms with Crippen LogP contribution in [0.1, 0.15) is 42.8 Å². The van der Waals surface area contributed by atoms with Crippen molar-refractivity contribution in [1.82, 2.24) is 0 Å². The van der Waals surface area contributed by atoms with E-state index < -0.39 is 29.4 Å². The maximum absolute atomic E-state index is 12.4. The van der Waals surface area contributed by atoms with Gasteiger partial charge >= 0.3 is 17.9 Å². The summed E-state index contributed by atoms with van der Waals surface area (Å²) < 4.78 is 15.3. The smallest absolute Gasteiger partial charge is 0.339 e. The van der Waals surface area contributed by atoms with Crippen molar-refractivity contribution in [2.75, 3.05) is 13.2 Å². The summed E-state index contributed by atoms with van der Waals surface area (Å²) >= 11 is 0. The highest BCUT2D eigenvalue weighted by Gasteiger charge is 2.56. The first-order valence-electron chi connectivity index (χ1n) is 7.11. The van der Waals surface area contributed by atoms with E-state index >= 15 is 0 Å². The van der Waals surface area contributed by atoms with E-state index in [1.807, 2.05) is 0 Å². The molecule has 0 bridgehead atoms. The van der Waals surface area contributed by atoms with Gasteiger partial charge in [0.2, 0.25) is 5.41 Å². The Kier molecular flexibility index (Phi) is 4.49. The van der Waals surface area contributed by atoms with Crippen LogP contribution in [0.25, 0.3) is 0 Å². The van der Waals surface area contributed by atoms with E-state index in [1.165, 1.54) is 6.92 Å². The minimum absolute atomic E-state index is 0.107. The zero-order valence-electron chi connectivity index (χ0n) is 12.8. The summed E-state index contributed by atoms with van der Waals surface area (Å²) in [5.74, 6) is -2.12. The molecule has 0 radical (unpaired) electrons. The Morgan fingerprint density at radius 3 is 2.23 bits per heavy atom. The SMILES string of the molecule is CCOC(=O)C(C)(C(=O)OCC)C1OC(=O)c2ccccc21. The number of carbonyl (C=O) groups excluding carboxylic acids is 3. The molecule has 1 atom stereocenters. The number of hydrogen-bond donors (Lipinski definition) is 0. The van der Waals surface area contributed by atoms with E-state index in [4.69, 9.17) is 14.2 Å². The second kappa shape index (κ2) is 6.17. The average molecular weight is 306 g/mol. The van der Waals surface area contributed by atoms with Gasteiger partial charge in [-0.1, -0.05) is 18.2 Å². The van der Waals surface area contributed by atoms with Crippen LogP contribution in [-0.4, -0.2) is 31.1 Å². The lowest BCUT2D eigenvalue weighted by atomic mass is 9.80. The molecule has 1 aliphatic heterocycles. The van der Waals surface area contributed by atoms with Crippen LogP contribution in [0.3, 0.4) is 0 Å². The van der Waals surface area contributed by atoms with Gasteiger partial charge in [-0.25, -0.2) is 4.79 Å². The van der Waals surface area contributed by atoms with Crippen molar-refractivity contribution in [3.8, 4) is 0 Å². The third kappa shape index (κ3) is 2.45. The van der Waals surface area contributed by atoms with Crippen LogP contribution >= 0.6 is 0 Å². The normalized spacial score (nSPS) is 16.7. The van der Waals surface area contributed by atoms with Crippen molar-refractivity contribution in [3.05, 3.63) is 35.4 Å². The Bertz CT molecular complexity index is 588. The molecule has 0 saturated heterocycles. The van der Waals surface area contributed by atoms with Crippen LogP contribution in [0.5, 0.6) is 0 Å². The number of benzene rings is 1. The molecule has 1 heterocycles. The molecule has 0 N–H and O–H groups in total. The van der Waals surface area contributed by atoms with Crippen LogP contribution in [0.15, 0.2) is 24.3 Å². The maximum Gasteiger partial charge on any atom is 0.339 e. The van der Waals surface area contributed by atoms with E-state index in [9.17, 15) is 14.4 Å². The number of ether oxygens (including phenoxy) is 3. The van der Waals surface area contributed by atoms with Crippen molar-refractivity contribution in [2.45, 2.75) is 26.9 Å². The van der Waals surface area contributed by atoms with Crippen molar-refractivity contribution in [1.29, 1.82) is 0 Å². The molecule has 118 valence electrons. The lowest BCUT2D eigenvalue weighted by Gasteiger charge is -2.29. The molecule has 1 aromatic rings. The zero-order chi connectivity index (χ0) is 16.3. The van der Waals surface area contributed by atoms with Gasteiger partial charge in [-0.05, 0) is 26.8 Å². The minimum atomic E-state index is -1.74. The highest BCUT2D eigenvalue weighted by Crippen LogP contribution is 2.45. The van der Waals surface area contributed by atoms with Gasteiger partial charge in [0.05, 0.1) is 18.8 Å². The Hall–Kier alpha value is -2.37. The molecule has 0 amide bonds. The fraction of sp³-hybridized carbons (Fsp3) is 0.438. The molecule has 0 spiro atoms. The summed E-state index contributed by atoms with van der Waals surface area (Å²) in [6.07, 6.45) is -1.06. The summed E-state index contributed by atoms with van der Waals surface area (Å²) in [6, 6.07) is 6.65. The molecule has 0 aliphatic carbocycles. The van der Waals surface area contributed by atoms with Crippen LogP contribution in [0.4, 0.5) is 0 Å². The van der Waals surface area contributed by atoms with Gasteiger partial charge in [0.1, 0.15) is 0 Å². The molecular formula is C16H18O6. The predicted octanol–water partition coefficient (Wildman–Crippen LogP) is 2.03. The molecule has 0 saturated carbocycles. The predicted molar refractivity (Wildman–Crippen MR) is 76.0 cm³/mol. The molecule has 1 aliphatic rings.